The van der Waals surface area contributed by atoms with Crippen LogP contribution < -0.4 is 15.4 Å². The van der Waals surface area contributed by atoms with E-state index in [1.54, 1.807) is 12.1 Å². The van der Waals surface area contributed by atoms with Gasteiger partial charge in [0, 0.05) is 6.26 Å². The zero-order chi connectivity index (χ0) is 20.9. The van der Waals surface area contributed by atoms with Crippen LogP contribution in [0.15, 0.2) is 29.2 Å². The standard InChI is InChI=1S/C19H28N2O7S/c1-29(24,25)17-4-2-3-16(9-17)26-12-15(22)13-27-18(23)21-14-10-19(28-11-14)5-7-20-8-6-19/h2-4,9,14-15,20,22H,5-8,10-13H2,1H3,(H,21,23)/t14-,15+/m1/s1. The Morgan fingerprint density at radius 3 is 2.86 bits per heavy atom. The van der Waals surface area contributed by atoms with E-state index in [2.05, 4.69) is 10.6 Å². The lowest BCUT2D eigenvalue weighted by Crippen LogP contribution is -2.43. The Morgan fingerprint density at radius 2 is 2.14 bits per heavy atom. The summed E-state index contributed by atoms with van der Waals surface area (Å²) in [5.41, 5.74) is -0.156. The van der Waals surface area contributed by atoms with Crippen molar-refractivity contribution in [2.24, 2.45) is 0 Å². The van der Waals surface area contributed by atoms with Crippen LogP contribution in [0.5, 0.6) is 5.75 Å². The van der Waals surface area contributed by atoms with E-state index >= 15 is 0 Å². The van der Waals surface area contributed by atoms with Gasteiger partial charge in [-0.15, -0.1) is 0 Å². The SMILES string of the molecule is CS(=O)(=O)c1cccc(OC[C@H](O)COC(=O)N[C@H]2COC3(CCNCC3)C2)c1. The minimum atomic E-state index is -3.34. The van der Waals surface area contributed by atoms with Gasteiger partial charge >= 0.3 is 6.09 Å². The van der Waals surface area contributed by atoms with Crippen LogP contribution in [0.4, 0.5) is 4.79 Å². The van der Waals surface area contributed by atoms with Gasteiger partial charge in [-0.2, -0.15) is 0 Å². The lowest BCUT2D eigenvalue weighted by atomic mass is 9.88. The summed E-state index contributed by atoms with van der Waals surface area (Å²) in [6.45, 7) is 1.91. The summed E-state index contributed by atoms with van der Waals surface area (Å²) in [7, 11) is -3.34. The van der Waals surface area contributed by atoms with Crippen LogP contribution in [0.1, 0.15) is 19.3 Å². The van der Waals surface area contributed by atoms with Gasteiger partial charge in [0.15, 0.2) is 9.84 Å². The van der Waals surface area contributed by atoms with Crippen molar-refractivity contribution in [2.45, 2.75) is 41.9 Å². The molecule has 2 fully saturated rings. The van der Waals surface area contributed by atoms with Crippen LogP contribution >= 0.6 is 0 Å². The molecule has 0 saturated carbocycles. The third kappa shape index (κ3) is 6.30. The first-order chi connectivity index (χ1) is 13.8. The van der Waals surface area contributed by atoms with Gasteiger partial charge in [-0.3, -0.25) is 0 Å². The number of carbonyl (C=O) groups excluding carboxylic acids is 1. The van der Waals surface area contributed by atoms with E-state index in [1.807, 2.05) is 0 Å². The molecule has 2 aliphatic rings. The average molecular weight is 429 g/mol. The van der Waals surface area contributed by atoms with Gasteiger partial charge < -0.3 is 30.0 Å². The summed E-state index contributed by atoms with van der Waals surface area (Å²) in [4.78, 5) is 12.1. The molecule has 2 heterocycles. The van der Waals surface area contributed by atoms with Crippen molar-refractivity contribution in [3.05, 3.63) is 24.3 Å². The van der Waals surface area contributed by atoms with E-state index in [1.165, 1.54) is 12.1 Å². The Bertz CT molecular complexity index is 809. The zero-order valence-corrected chi connectivity index (χ0v) is 17.2. The van der Waals surface area contributed by atoms with Gasteiger partial charge in [0.1, 0.15) is 25.1 Å². The Morgan fingerprint density at radius 1 is 1.38 bits per heavy atom. The van der Waals surface area contributed by atoms with Crippen LogP contribution in [0.3, 0.4) is 0 Å². The molecular formula is C19H28N2O7S. The molecule has 10 heteroatoms. The van der Waals surface area contributed by atoms with Crippen LogP contribution in [0, 0.1) is 0 Å². The Kier molecular flexibility index (Phi) is 6.99. The number of ether oxygens (including phenoxy) is 3. The summed E-state index contributed by atoms with van der Waals surface area (Å²) in [5, 5.41) is 16.0. The molecule has 0 aliphatic carbocycles. The summed E-state index contributed by atoms with van der Waals surface area (Å²) < 4.78 is 39.5. The van der Waals surface area contributed by atoms with Gasteiger partial charge in [0.25, 0.3) is 0 Å². The minimum Gasteiger partial charge on any atom is -0.491 e. The quantitative estimate of drug-likeness (QED) is 0.573. The largest absolute Gasteiger partial charge is 0.491 e. The highest BCUT2D eigenvalue weighted by atomic mass is 32.2. The third-order valence-corrected chi connectivity index (χ3v) is 6.24. The molecule has 29 heavy (non-hydrogen) atoms. The maximum atomic E-state index is 12.0. The number of carbonyl (C=O) groups is 1. The summed E-state index contributed by atoms with van der Waals surface area (Å²) >= 11 is 0. The van der Waals surface area contributed by atoms with Crippen molar-refractivity contribution in [1.82, 2.24) is 10.6 Å². The van der Waals surface area contributed by atoms with Crippen LogP contribution in [-0.4, -0.2) is 76.5 Å². The molecule has 1 amide bonds. The first kappa shape index (κ1) is 21.8. The fourth-order valence-corrected chi connectivity index (χ4v) is 4.24. The number of alkyl carbamates (subject to hydrolysis) is 1. The second kappa shape index (κ2) is 9.29. The van der Waals surface area contributed by atoms with E-state index in [0.717, 1.165) is 38.6 Å². The van der Waals surface area contributed by atoms with Gasteiger partial charge in [-0.05, 0) is 50.6 Å². The second-order valence-corrected chi connectivity index (χ2v) is 9.62. The van der Waals surface area contributed by atoms with Crippen LogP contribution in [0.25, 0.3) is 0 Å². The number of aliphatic hydroxyl groups excluding tert-OH is 1. The van der Waals surface area contributed by atoms with Crippen molar-refractivity contribution in [3.63, 3.8) is 0 Å². The number of aliphatic hydroxyl groups is 1. The van der Waals surface area contributed by atoms with Crippen molar-refractivity contribution in [2.75, 3.05) is 39.2 Å². The van der Waals surface area contributed by atoms with Gasteiger partial charge in [0.2, 0.25) is 0 Å². The highest BCUT2D eigenvalue weighted by molar-refractivity contribution is 7.90. The zero-order valence-electron chi connectivity index (χ0n) is 16.4. The first-order valence-corrected chi connectivity index (χ1v) is 11.5. The highest BCUT2D eigenvalue weighted by Gasteiger charge is 2.41. The van der Waals surface area contributed by atoms with Crippen molar-refractivity contribution in [1.29, 1.82) is 0 Å². The molecule has 0 bridgehead atoms. The average Bonchev–Trinajstić information content (AvgIpc) is 3.06. The van der Waals surface area contributed by atoms with Crippen LogP contribution in [0.2, 0.25) is 0 Å². The number of hydrogen-bond donors (Lipinski definition) is 3. The number of rotatable bonds is 7. The third-order valence-electron chi connectivity index (χ3n) is 5.13. The number of nitrogens with one attached hydrogen (secondary N) is 2. The molecule has 1 spiro atoms. The molecule has 1 aromatic carbocycles. The van der Waals surface area contributed by atoms with E-state index in [4.69, 9.17) is 14.2 Å². The molecule has 2 atom stereocenters. The number of amides is 1. The predicted molar refractivity (Wildman–Crippen MR) is 105 cm³/mol. The molecule has 0 radical (unpaired) electrons. The molecule has 3 rings (SSSR count). The summed E-state index contributed by atoms with van der Waals surface area (Å²) in [5.74, 6) is 0.312. The molecule has 9 nitrogen and oxygen atoms in total. The number of sulfone groups is 1. The van der Waals surface area contributed by atoms with Gasteiger partial charge in [0.05, 0.1) is 23.1 Å². The number of benzene rings is 1. The molecule has 0 aromatic heterocycles. The number of piperidine rings is 1. The van der Waals surface area contributed by atoms with E-state index in [0.29, 0.717) is 12.4 Å². The molecule has 2 saturated heterocycles. The molecule has 2 aliphatic heterocycles. The normalized spacial score (nSPS) is 22.2. The Hall–Kier alpha value is -1.88. The topological polar surface area (TPSA) is 123 Å². The lowest BCUT2D eigenvalue weighted by Gasteiger charge is -2.32. The number of hydrogen-bond acceptors (Lipinski definition) is 8. The van der Waals surface area contributed by atoms with E-state index in [9.17, 15) is 18.3 Å². The molecular weight excluding hydrogens is 400 g/mol. The molecule has 1 aromatic rings. The summed E-state index contributed by atoms with van der Waals surface area (Å²) in [6, 6.07) is 5.89. The van der Waals surface area contributed by atoms with Gasteiger partial charge in [-0.1, -0.05) is 6.07 Å². The predicted octanol–water partition coefficient (Wildman–Crippen LogP) is 0.467. The Balaban J connectivity index is 1.37. The fourth-order valence-electron chi connectivity index (χ4n) is 3.58. The van der Waals surface area contributed by atoms with E-state index in [-0.39, 0.29) is 29.8 Å². The highest BCUT2D eigenvalue weighted by Crippen LogP contribution is 2.33. The van der Waals surface area contributed by atoms with Gasteiger partial charge in [-0.25, -0.2) is 13.2 Å². The lowest BCUT2D eigenvalue weighted by molar-refractivity contribution is -0.0194. The molecule has 0 unspecified atom stereocenters. The van der Waals surface area contributed by atoms with Crippen molar-refractivity contribution >= 4 is 15.9 Å². The maximum Gasteiger partial charge on any atom is 0.407 e. The van der Waals surface area contributed by atoms with Crippen LogP contribution in [-0.2, 0) is 19.3 Å². The van der Waals surface area contributed by atoms with E-state index < -0.39 is 22.0 Å². The second-order valence-electron chi connectivity index (χ2n) is 7.60. The Labute approximate surface area is 170 Å². The molecule has 162 valence electrons. The fraction of sp³-hybridized carbons (Fsp3) is 0.632. The van der Waals surface area contributed by atoms with Crippen molar-refractivity contribution in [3.8, 4) is 5.75 Å². The monoisotopic (exact) mass is 428 g/mol. The smallest absolute Gasteiger partial charge is 0.407 e. The maximum absolute atomic E-state index is 12.0. The van der Waals surface area contributed by atoms with Crippen molar-refractivity contribution < 1.29 is 32.5 Å². The first-order valence-electron chi connectivity index (χ1n) is 9.65. The minimum absolute atomic E-state index is 0.104. The molecule has 3 N–H and O–H groups in total. The summed E-state index contributed by atoms with van der Waals surface area (Å²) in [6.07, 6.45) is 2.07.